The van der Waals surface area contributed by atoms with E-state index < -0.39 is 0 Å². The van der Waals surface area contributed by atoms with Gasteiger partial charge >= 0.3 is 0 Å². The van der Waals surface area contributed by atoms with Gasteiger partial charge in [-0.2, -0.15) is 0 Å². The van der Waals surface area contributed by atoms with Gasteiger partial charge in [0.2, 0.25) is 5.91 Å². The molecule has 0 saturated heterocycles. The second-order valence-corrected chi connectivity index (χ2v) is 4.70. The normalized spacial score (nSPS) is 19.1. The van der Waals surface area contributed by atoms with Crippen molar-refractivity contribution in [3.05, 3.63) is 34.3 Å². The van der Waals surface area contributed by atoms with Crippen LogP contribution in [0.15, 0.2) is 18.2 Å². The molecule has 1 amide bonds. The third-order valence-corrected chi connectivity index (χ3v) is 3.12. The number of carbonyl (C=O) groups is 1. The smallest absolute Gasteiger partial charge is 0.230 e. The lowest BCUT2D eigenvalue weighted by atomic mass is 9.90. The Balaban J connectivity index is 2.37. The lowest BCUT2D eigenvalue weighted by molar-refractivity contribution is -0.130. The number of benzene rings is 1. The molecule has 1 aromatic carbocycles. The van der Waals surface area contributed by atoms with Gasteiger partial charge in [0.15, 0.2) is 0 Å². The number of carbonyl (C=O) groups excluding carboxylic acids is 1. The Morgan fingerprint density at radius 3 is 2.94 bits per heavy atom. The summed E-state index contributed by atoms with van der Waals surface area (Å²) in [5.41, 5.74) is 2.22. The lowest BCUT2D eigenvalue weighted by Gasteiger charge is -2.27. The molecule has 2 rings (SSSR count). The summed E-state index contributed by atoms with van der Waals surface area (Å²) in [6, 6.07) is 5.74. The average molecular weight is 239 g/mol. The van der Waals surface area contributed by atoms with E-state index in [9.17, 15) is 4.79 Å². The van der Waals surface area contributed by atoms with Gasteiger partial charge in [-0.3, -0.25) is 4.79 Å². The van der Waals surface area contributed by atoms with Gasteiger partial charge in [0.25, 0.3) is 0 Å². The molecule has 0 spiro atoms. The van der Waals surface area contributed by atoms with Crippen LogP contribution in [0, 0.1) is 0 Å². The molecule has 1 atom stereocenters. The summed E-state index contributed by atoms with van der Waals surface area (Å²) in [5, 5.41) is 3.97. The van der Waals surface area contributed by atoms with E-state index in [4.69, 9.17) is 11.6 Å². The molecule has 4 heteroatoms. The number of nitrogens with zero attached hydrogens (tertiary/aromatic N) is 1. The highest BCUT2D eigenvalue weighted by molar-refractivity contribution is 6.30. The maximum absolute atomic E-state index is 12.0. The topological polar surface area (TPSA) is 32.3 Å². The Labute approximate surface area is 100 Å². The van der Waals surface area contributed by atoms with E-state index >= 15 is 0 Å². The van der Waals surface area contributed by atoms with Crippen LogP contribution in [0.5, 0.6) is 0 Å². The Morgan fingerprint density at radius 2 is 2.25 bits per heavy atom. The van der Waals surface area contributed by atoms with Crippen molar-refractivity contribution < 1.29 is 4.79 Å². The van der Waals surface area contributed by atoms with E-state index in [0.717, 1.165) is 22.7 Å². The standard InChI is InChI=1S/C12H15ClN2O/c1-15(2)12(16)11-7-14-6-8-5-9(13)3-4-10(8)11/h3-5,11,14H,6-7H2,1-2H3. The minimum atomic E-state index is -0.0870. The van der Waals surface area contributed by atoms with Gasteiger partial charge in [0.1, 0.15) is 0 Å². The highest BCUT2D eigenvalue weighted by atomic mass is 35.5. The highest BCUT2D eigenvalue weighted by Crippen LogP contribution is 2.27. The lowest BCUT2D eigenvalue weighted by Crippen LogP contribution is -2.38. The fourth-order valence-electron chi connectivity index (χ4n) is 2.06. The first-order valence-corrected chi connectivity index (χ1v) is 5.67. The van der Waals surface area contributed by atoms with Gasteiger partial charge in [-0.25, -0.2) is 0 Å². The number of fused-ring (bicyclic) bond motifs is 1. The van der Waals surface area contributed by atoms with Crippen molar-refractivity contribution in [2.24, 2.45) is 0 Å². The van der Waals surface area contributed by atoms with Crippen LogP contribution < -0.4 is 5.32 Å². The third-order valence-electron chi connectivity index (χ3n) is 2.88. The van der Waals surface area contributed by atoms with Crippen molar-refractivity contribution in [3.8, 4) is 0 Å². The van der Waals surface area contributed by atoms with Gasteiger partial charge in [0.05, 0.1) is 5.92 Å². The Morgan fingerprint density at radius 1 is 1.50 bits per heavy atom. The highest BCUT2D eigenvalue weighted by Gasteiger charge is 2.27. The van der Waals surface area contributed by atoms with Gasteiger partial charge in [-0.05, 0) is 23.3 Å². The summed E-state index contributed by atoms with van der Waals surface area (Å²) in [6.45, 7) is 1.48. The molecule has 1 aliphatic heterocycles. The zero-order chi connectivity index (χ0) is 11.7. The monoisotopic (exact) mass is 238 g/mol. The number of rotatable bonds is 1. The maximum atomic E-state index is 12.0. The number of amides is 1. The molecule has 1 aromatic rings. The molecule has 1 N–H and O–H groups in total. The summed E-state index contributed by atoms with van der Waals surface area (Å²) in [5.74, 6) is 0.0480. The number of hydrogen-bond donors (Lipinski definition) is 1. The van der Waals surface area contributed by atoms with E-state index in [-0.39, 0.29) is 11.8 Å². The number of hydrogen-bond acceptors (Lipinski definition) is 2. The number of nitrogens with one attached hydrogen (secondary N) is 1. The third kappa shape index (κ3) is 2.06. The molecule has 1 heterocycles. The number of likely N-dealkylation sites (N-methyl/N-ethyl adjacent to an activating group) is 1. The summed E-state index contributed by atoms with van der Waals surface area (Å²) in [7, 11) is 3.57. The second-order valence-electron chi connectivity index (χ2n) is 4.26. The van der Waals surface area contributed by atoms with Crippen molar-refractivity contribution in [2.75, 3.05) is 20.6 Å². The molecule has 0 aromatic heterocycles. The molecule has 16 heavy (non-hydrogen) atoms. The average Bonchev–Trinajstić information content (AvgIpc) is 2.26. The fourth-order valence-corrected chi connectivity index (χ4v) is 2.26. The molecular weight excluding hydrogens is 224 g/mol. The predicted molar refractivity (Wildman–Crippen MR) is 64.6 cm³/mol. The largest absolute Gasteiger partial charge is 0.348 e. The summed E-state index contributed by atoms with van der Waals surface area (Å²) in [6.07, 6.45) is 0. The summed E-state index contributed by atoms with van der Waals surface area (Å²) >= 11 is 5.94. The van der Waals surface area contributed by atoms with Crippen LogP contribution in [0.3, 0.4) is 0 Å². The van der Waals surface area contributed by atoms with Crippen LogP contribution in [0.2, 0.25) is 5.02 Å². The molecule has 1 aliphatic rings. The fraction of sp³-hybridized carbons (Fsp3) is 0.417. The summed E-state index contributed by atoms with van der Waals surface area (Å²) < 4.78 is 0. The predicted octanol–water partition coefficient (Wildman–Crippen LogP) is 1.61. The molecule has 0 aliphatic carbocycles. The van der Waals surface area contributed by atoms with Crippen molar-refractivity contribution in [1.82, 2.24) is 10.2 Å². The van der Waals surface area contributed by atoms with Gasteiger partial charge in [-0.1, -0.05) is 17.7 Å². The van der Waals surface area contributed by atoms with Crippen LogP contribution in [-0.2, 0) is 11.3 Å². The second kappa shape index (κ2) is 4.44. The molecule has 0 radical (unpaired) electrons. The van der Waals surface area contributed by atoms with Crippen LogP contribution in [0.4, 0.5) is 0 Å². The van der Waals surface area contributed by atoms with Crippen molar-refractivity contribution in [1.29, 1.82) is 0 Å². The first kappa shape index (κ1) is 11.4. The first-order valence-electron chi connectivity index (χ1n) is 5.30. The van der Waals surface area contributed by atoms with Crippen molar-refractivity contribution in [2.45, 2.75) is 12.5 Å². The molecule has 0 fully saturated rings. The minimum Gasteiger partial charge on any atom is -0.348 e. The van der Waals surface area contributed by atoms with E-state index in [0.29, 0.717) is 6.54 Å². The molecule has 0 bridgehead atoms. The Bertz CT molecular complexity index is 417. The van der Waals surface area contributed by atoms with Crippen LogP contribution in [-0.4, -0.2) is 31.4 Å². The molecule has 3 nitrogen and oxygen atoms in total. The SMILES string of the molecule is CN(C)C(=O)C1CNCc2cc(Cl)ccc21. The van der Waals surface area contributed by atoms with E-state index in [1.54, 1.807) is 19.0 Å². The van der Waals surface area contributed by atoms with E-state index in [1.165, 1.54) is 0 Å². The van der Waals surface area contributed by atoms with Gasteiger partial charge < -0.3 is 10.2 Å². The van der Waals surface area contributed by atoms with Crippen LogP contribution in [0.25, 0.3) is 0 Å². The minimum absolute atomic E-state index is 0.0870. The molecule has 0 saturated carbocycles. The van der Waals surface area contributed by atoms with Crippen molar-refractivity contribution >= 4 is 17.5 Å². The zero-order valence-corrected chi connectivity index (χ0v) is 10.2. The van der Waals surface area contributed by atoms with Crippen molar-refractivity contribution in [3.63, 3.8) is 0 Å². The Kier molecular flexibility index (Phi) is 3.17. The van der Waals surface area contributed by atoms with E-state index in [1.807, 2.05) is 18.2 Å². The van der Waals surface area contributed by atoms with Crippen LogP contribution >= 0.6 is 11.6 Å². The van der Waals surface area contributed by atoms with Gasteiger partial charge in [-0.15, -0.1) is 0 Å². The van der Waals surface area contributed by atoms with E-state index in [2.05, 4.69) is 5.32 Å². The molecule has 86 valence electrons. The number of halogens is 1. The first-order chi connectivity index (χ1) is 7.59. The summed E-state index contributed by atoms with van der Waals surface area (Å²) in [4.78, 5) is 13.6. The quantitative estimate of drug-likeness (QED) is 0.807. The molecular formula is C12H15ClN2O. The maximum Gasteiger partial charge on any atom is 0.230 e. The molecule has 1 unspecified atom stereocenters. The van der Waals surface area contributed by atoms with Gasteiger partial charge in [0, 0.05) is 32.2 Å². The zero-order valence-electron chi connectivity index (χ0n) is 9.46. The van der Waals surface area contributed by atoms with Crippen LogP contribution in [0.1, 0.15) is 17.0 Å². The Hall–Kier alpha value is -1.06.